The van der Waals surface area contributed by atoms with Crippen LogP contribution in [0.2, 0.25) is 0 Å². The number of nitrogen functional groups attached to an aromatic ring is 1. The lowest BCUT2D eigenvalue weighted by Gasteiger charge is -1.87. The molecule has 4 N–H and O–H groups in total. The molecule has 50 valence electrons. The van der Waals surface area contributed by atoms with Crippen LogP contribution in [-0.2, 0) is 0 Å². The number of hydrogen-bond donors (Lipinski definition) is 2. The van der Waals surface area contributed by atoms with E-state index in [1.54, 1.807) is 0 Å². The number of H-pyrrole nitrogens is 2. The van der Waals surface area contributed by atoms with Gasteiger partial charge in [0.1, 0.15) is 5.52 Å². The highest BCUT2D eigenvalue weighted by molar-refractivity contribution is 5.83. The van der Waals surface area contributed by atoms with Gasteiger partial charge in [0.2, 0.25) is 5.52 Å². The maximum absolute atomic E-state index is 5.65. The van der Waals surface area contributed by atoms with Gasteiger partial charge in [-0.1, -0.05) is 0 Å². The zero-order valence-corrected chi connectivity index (χ0v) is 5.39. The van der Waals surface area contributed by atoms with Gasteiger partial charge in [-0.3, -0.25) is 0 Å². The van der Waals surface area contributed by atoms with Crippen molar-refractivity contribution >= 4 is 16.7 Å². The summed E-state index contributed by atoms with van der Waals surface area (Å²) in [5.41, 5.74) is 8.44. The van der Waals surface area contributed by atoms with E-state index in [0.29, 0.717) is 0 Å². The normalized spacial score (nSPS) is 10.4. The van der Waals surface area contributed by atoms with Crippen LogP contribution in [0.3, 0.4) is 0 Å². The molecule has 3 heteroatoms. The third-order valence-corrected chi connectivity index (χ3v) is 1.54. The topological polar surface area (TPSA) is 55.9 Å². The smallest absolute Gasteiger partial charge is 0.230 e. The van der Waals surface area contributed by atoms with Crippen LogP contribution < -0.4 is 10.7 Å². The van der Waals surface area contributed by atoms with Crippen molar-refractivity contribution in [3.63, 3.8) is 0 Å². The molecule has 2 aromatic heterocycles. The second kappa shape index (κ2) is 1.73. The lowest BCUT2D eigenvalue weighted by atomic mass is 10.3. The summed E-state index contributed by atoms with van der Waals surface area (Å²) in [5.74, 6) is 0. The van der Waals surface area contributed by atoms with Crippen LogP contribution in [0, 0.1) is 0 Å². The van der Waals surface area contributed by atoms with E-state index >= 15 is 0 Å². The fourth-order valence-electron chi connectivity index (χ4n) is 1.03. The molecule has 0 bridgehead atoms. The van der Waals surface area contributed by atoms with Gasteiger partial charge in [0, 0.05) is 18.3 Å². The van der Waals surface area contributed by atoms with Crippen molar-refractivity contribution < 1.29 is 4.98 Å². The molecule has 0 spiro atoms. The molecule has 10 heavy (non-hydrogen) atoms. The van der Waals surface area contributed by atoms with E-state index in [4.69, 9.17) is 5.73 Å². The average molecular weight is 134 g/mol. The molecule has 0 atom stereocenters. The second-order valence-corrected chi connectivity index (χ2v) is 2.20. The van der Waals surface area contributed by atoms with Crippen LogP contribution in [0.5, 0.6) is 0 Å². The second-order valence-electron chi connectivity index (χ2n) is 2.20. The lowest BCUT2D eigenvalue weighted by Crippen LogP contribution is -2.01. The number of aromatic nitrogens is 2. The van der Waals surface area contributed by atoms with Crippen LogP contribution in [-0.4, -0.2) is 4.98 Å². The van der Waals surface area contributed by atoms with Crippen LogP contribution >= 0.6 is 0 Å². The molecule has 0 unspecified atom stereocenters. The molecule has 0 saturated carbocycles. The van der Waals surface area contributed by atoms with Gasteiger partial charge >= 0.3 is 0 Å². The number of nitrogens with one attached hydrogen (secondary N) is 2. The first kappa shape index (κ1) is 5.29. The standard InChI is InChI=1S/C7H7N3/c8-5-1-3-9-6-2-4-10-7(5)6/h1-4,10H,(H2,8,9)/p+1. The third kappa shape index (κ3) is 0.572. The van der Waals surface area contributed by atoms with Crippen molar-refractivity contribution in [3.05, 3.63) is 24.5 Å². The zero-order chi connectivity index (χ0) is 6.97. The summed E-state index contributed by atoms with van der Waals surface area (Å²) in [7, 11) is 0. The van der Waals surface area contributed by atoms with Crippen molar-refractivity contribution in [1.29, 1.82) is 0 Å². The van der Waals surface area contributed by atoms with Gasteiger partial charge in [0.25, 0.3) is 0 Å². The summed E-state index contributed by atoms with van der Waals surface area (Å²) >= 11 is 0. The first-order chi connectivity index (χ1) is 4.88. The minimum atomic E-state index is 0.777. The Morgan fingerprint density at radius 3 is 3.10 bits per heavy atom. The number of hydrogen-bond acceptors (Lipinski definition) is 1. The van der Waals surface area contributed by atoms with Gasteiger partial charge in [-0.25, -0.2) is 4.98 Å². The number of pyridine rings is 1. The number of nitrogens with two attached hydrogens (primary N) is 1. The average Bonchev–Trinajstić information content (AvgIpc) is 2.36. The number of anilines is 1. The molecular weight excluding hydrogens is 126 g/mol. The Morgan fingerprint density at radius 2 is 2.30 bits per heavy atom. The van der Waals surface area contributed by atoms with Crippen molar-refractivity contribution in [2.24, 2.45) is 0 Å². The van der Waals surface area contributed by atoms with Gasteiger partial charge in [0.05, 0.1) is 5.69 Å². The summed E-state index contributed by atoms with van der Waals surface area (Å²) in [6.07, 6.45) is 3.68. The Kier molecular flexibility index (Phi) is 0.917. The quantitative estimate of drug-likeness (QED) is 0.543. The summed E-state index contributed by atoms with van der Waals surface area (Å²) in [6.45, 7) is 0. The molecule has 0 aromatic carbocycles. The highest BCUT2D eigenvalue weighted by Crippen LogP contribution is 2.12. The predicted octanol–water partition coefficient (Wildman–Crippen LogP) is 0.564. The molecule has 2 aromatic rings. The van der Waals surface area contributed by atoms with Gasteiger partial charge in [-0.2, -0.15) is 0 Å². The fraction of sp³-hybridized carbons (Fsp3) is 0. The van der Waals surface area contributed by atoms with E-state index in [2.05, 4.69) is 9.97 Å². The van der Waals surface area contributed by atoms with E-state index in [0.717, 1.165) is 16.7 Å². The van der Waals surface area contributed by atoms with E-state index in [9.17, 15) is 0 Å². The Morgan fingerprint density at radius 1 is 1.40 bits per heavy atom. The van der Waals surface area contributed by atoms with Crippen molar-refractivity contribution in [2.45, 2.75) is 0 Å². The van der Waals surface area contributed by atoms with Gasteiger partial charge in [-0.05, 0) is 0 Å². The molecule has 0 aliphatic heterocycles. The maximum atomic E-state index is 5.65. The van der Waals surface area contributed by atoms with E-state index in [-0.39, 0.29) is 0 Å². The van der Waals surface area contributed by atoms with Gasteiger partial charge in [0.15, 0.2) is 6.20 Å². The molecule has 0 radical (unpaired) electrons. The molecule has 0 fully saturated rings. The Labute approximate surface area is 57.9 Å². The monoisotopic (exact) mass is 134 g/mol. The number of fused-ring (bicyclic) bond motifs is 1. The van der Waals surface area contributed by atoms with Crippen LogP contribution in [0.1, 0.15) is 0 Å². The predicted molar refractivity (Wildman–Crippen MR) is 39.3 cm³/mol. The molecule has 2 rings (SSSR count). The largest absolute Gasteiger partial charge is 0.397 e. The highest BCUT2D eigenvalue weighted by Gasteiger charge is 2.01. The molecule has 0 amide bonds. The molecule has 0 aliphatic carbocycles. The van der Waals surface area contributed by atoms with Crippen LogP contribution in [0.4, 0.5) is 5.69 Å². The summed E-state index contributed by atoms with van der Waals surface area (Å²) in [4.78, 5) is 6.09. The maximum Gasteiger partial charge on any atom is 0.230 e. The van der Waals surface area contributed by atoms with Crippen molar-refractivity contribution in [1.82, 2.24) is 4.98 Å². The molecule has 3 nitrogen and oxygen atoms in total. The van der Waals surface area contributed by atoms with Crippen molar-refractivity contribution in [3.8, 4) is 0 Å². The third-order valence-electron chi connectivity index (χ3n) is 1.54. The summed E-state index contributed by atoms with van der Waals surface area (Å²) < 4.78 is 0. The Balaban J connectivity index is 2.95. The minimum absolute atomic E-state index is 0.777. The molecule has 2 heterocycles. The first-order valence-corrected chi connectivity index (χ1v) is 3.11. The van der Waals surface area contributed by atoms with Gasteiger partial charge < -0.3 is 10.7 Å². The van der Waals surface area contributed by atoms with Crippen LogP contribution in [0.15, 0.2) is 24.5 Å². The number of aromatic amines is 2. The van der Waals surface area contributed by atoms with Gasteiger partial charge in [-0.15, -0.1) is 0 Å². The summed E-state index contributed by atoms with van der Waals surface area (Å²) in [5, 5.41) is 0. The zero-order valence-electron chi connectivity index (χ0n) is 5.39. The van der Waals surface area contributed by atoms with E-state index < -0.39 is 0 Å². The fourth-order valence-corrected chi connectivity index (χ4v) is 1.03. The molecular formula is C7H8N3+. The summed E-state index contributed by atoms with van der Waals surface area (Å²) in [6, 6.07) is 3.78. The molecule has 0 saturated heterocycles. The highest BCUT2D eigenvalue weighted by atomic mass is 14.8. The molecule has 0 aliphatic rings. The van der Waals surface area contributed by atoms with Crippen LogP contribution in [0.25, 0.3) is 11.0 Å². The lowest BCUT2D eigenvalue weighted by molar-refractivity contribution is -0.344. The SMILES string of the molecule is Nc1cc[nH+]c2cc[nH]c12. The Bertz CT molecular complexity index is 350. The number of rotatable bonds is 0. The van der Waals surface area contributed by atoms with E-state index in [1.807, 2.05) is 24.5 Å². The first-order valence-electron chi connectivity index (χ1n) is 3.11. The van der Waals surface area contributed by atoms with E-state index in [1.165, 1.54) is 0 Å². The Hall–Kier alpha value is -1.51. The van der Waals surface area contributed by atoms with Crippen molar-refractivity contribution in [2.75, 3.05) is 5.73 Å². The minimum Gasteiger partial charge on any atom is -0.397 e.